The molecule has 0 amide bonds. The second-order valence-corrected chi connectivity index (χ2v) is 7.93. The Morgan fingerprint density at radius 1 is 1.30 bits per heavy atom. The molecule has 0 N–H and O–H groups in total. The molecule has 0 aliphatic carbocycles. The first-order valence-electron chi connectivity index (χ1n) is 7.63. The number of aromatic nitrogens is 1. The van der Waals surface area contributed by atoms with Crippen molar-refractivity contribution >= 4 is 10.0 Å². The van der Waals surface area contributed by atoms with E-state index in [2.05, 4.69) is 5.16 Å². The molecular formula is C16H19FN2O3S. The van der Waals surface area contributed by atoms with E-state index in [0.717, 1.165) is 24.2 Å². The summed E-state index contributed by atoms with van der Waals surface area (Å²) in [6, 6.07) is 6.37. The molecule has 0 saturated carbocycles. The fourth-order valence-corrected chi connectivity index (χ4v) is 4.45. The third-order valence-electron chi connectivity index (χ3n) is 4.09. The lowest BCUT2D eigenvalue weighted by molar-refractivity contribution is 0.295. The highest BCUT2D eigenvalue weighted by Crippen LogP contribution is 2.37. The molecule has 1 saturated heterocycles. The highest BCUT2D eigenvalue weighted by molar-refractivity contribution is 7.89. The van der Waals surface area contributed by atoms with Crippen LogP contribution in [-0.4, -0.2) is 24.4 Å². The average molecular weight is 338 g/mol. The quantitative estimate of drug-likeness (QED) is 0.856. The minimum absolute atomic E-state index is 0.0920. The van der Waals surface area contributed by atoms with E-state index < -0.39 is 15.8 Å². The molecule has 1 aromatic heterocycles. The van der Waals surface area contributed by atoms with E-state index in [1.807, 2.05) is 19.9 Å². The molecule has 0 spiro atoms. The Balaban J connectivity index is 1.92. The molecule has 0 bridgehead atoms. The van der Waals surface area contributed by atoms with Gasteiger partial charge in [0.15, 0.2) is 5.76 Å². The average Bonchev–Trinajstić information content (AvgIpc) is 3.16. The van der Waals surface area contributed by atoms with Crippen LogP contribution >= 0.6 is 0 Å². The van der Waals surface area contributed by atoms with E-state index in [-0.39, 0.29) is 16.9 Å². The van der Waals surface area contributed by atoms with Gasteiger partial charge in [-0.1, -0.05) is 19.0 Å². The van der Waals surface area contributed by atoms with Crippen LogP contribution < -0.4 is 0 Å². The molecule has 0 radical (unpaired) electrons. The molecular weight excluding hydrogens is 319 g/mol. The number of rotatable bonds is 4. The van der Waals surface area contributed by atoms with E-state index in [4.69, 9.17) is 4.52 Å². The lowest BCUT2D eigenvalue weighted by atomic mass is 10.1. The molecule has 5 nitrogen and oxygen atoms in total. The van der Waals surface area contributed by atoms with Crippen LogP contribution in [-0.2, 0) is 10.0 Å². The molecule has 1 aromatic carbocycles. The largest absolute Gasteiger partial charge is 0.359 e. The summed E-state index contributed by atoms with van der Waals surface area (Å²) in [5.74, 6) is 0.326. The molecule has 3 rings (SSSR count). The Bertz CT molecular complexity index is 784. The molecule has 0 unspecified atom stereocenters. The number of hydrogen-bond donors (Lipinski definition) is 0. The van der Waals surface area contributed by atoms with Crippen molar-refractivity contribution < 1.29 is 17.3 Å². The van der Waals surface area contributed by atoms with Crippen molar-refractivity contribution in [2.75, 3.05) is 6.54 Å². The van der Waals surface area contributed by atoms with Crippen molar-refractivity contribution in [3.8, 4) is 0 Å². The van der Waals surface area contributed by atoms with Crippen molar-refractivity contribution in [2.45, 2.75) is 43.5 Å². The first-order chi connectivity index (χ1) is 10.9. The van der Waals surface area contributed by atoms with Gasteiger partial charge >= 0.3 is 0 Å². The second kappa shape index (κ2) is 6.05. The van der Waals surface area contributed by atoms with Crippen molar-refractivity contribution in [3.63, 3.8) is 0 Å². The van der Waals surface area contributed by atoms with E-state index in [9.17, 15) is 12.8 Å². The SMILES string of the molecule is CC(C)c1cc([C@@H]2CCCN2S(=O)(=O)c2ccc(F)cc2)on1. The van der Waals surface area contributed by atoms with Gasteiger partial charge in [-0.2, -0.15) is 4.31 Å². The van der Waals surface area contributed by atoms with Gasteiger partial charge in [0.25, 0.3) is 0 Å². The van der Waals surface area contributed by atoms with Gasteiger partial charge in [-0.25, -0.2) is 12.8 Å². The van der Waals surface area contributed by atoms with Crippen LogP contribution in [0, 0.1) is 5.82 Å². The van der Waals surface area contributed by atoms with Crippen LogP contribution in [0.25, 0.3) is 0 Å². The lowest BCUT2D eigenvalue weighted by Crippen LogP contribution is -2.30. The fourth-order valence-electron chi connectivity index (χ4n) is 2.79. The van der Waals surface area contributed by atoms with Crippen molar-refractivity contribution in [3.05, 3.63) is 47.6 Å². The van der Waals surface area contributed by atoms with Crippen molar-refractivity contribution in [1.29, 1.82) is 0 Å². The first-order valence-corrected chi connectivity index (χ1v) is 9.07. The molecule has 1 fully saturated rings. The third kappa shape index (κ3) is 3.03. The van der Waals surface area contributed by atoms with Gasteiger partial charge in [-0.3, -0.25) is 0 Å². The van der Waals surface area contributed by atoms with Crippen LogP contribution in [0.3, 0.4) is 0 Å². The summed E-state index contributed by atoms with van der Waals surface area (Å²) in [4.78, 5) is 0.0920. The smallest absolute Gasteiger partial charge is 0.243 e. The van der Waals surface area contributed by atoms with E-state index in [0.29, 0.717) is 18.7 Å². The molecule has 2 heterocycles. The maximum Gasteiger partial charge on any atom is 0.243 e. The maximum atomic E-state index is 13.0. The summed E-state index contributed by atoms with van der Waals surface area (Å²) in [5.41, 5.74) is 0.811. The minimum atomic E-state index is -3.68. The van der Waals surface area contributed by atoms with Crippen LogP contribution in [0.5, 0.6) is 0 Å². The van der Waals surface area contributed by atoms with Crippen LogP contribution in [0.15, 0.2) is 39.8 Å². The normalized spacial score (nSPS) is 19.6. The Morgan fingerprint density at radius 3 is 2.61 bits per heavy atom. The highest BCUT2D eigenvalue weighted by atomic mass is 32.2. The molecule has 2 aromatic rings. The number of halogens is 1. The van der Waals surface area contributed by atoms with Crippen LogP contribution in [0.1, 0.15) is 50.1 Å². The molecule has 1 aliphatic rings. The zero-order chi connectivity index (χ0) is 16.6. The van der Waals surface area contributed by atoms with Gasteiger partial charge in [-0.15, -0.1) is 0 Å². The van der Waals surface area contributed by atoms with Crippen molar-refractivity contribution in [2.24, 2.45) is 0 Å². The highest BCUT2D eigenvalue weighted by Gasteiger charge is 2.38. The zero-order valence-corrected chi connectivity index (χ0v) is 13.9. The van der Waals surface area contributed by atoms with E-state index in [1.54, 1.807) is 0 Å². The summed E-state index contributed by atoms with van der Waals surface area (Å²) in [6.45, 7) is 4.43. The second-order valence-electron chi connectivity index (χ2n) is 6.04. The third-order valence-corrected chi connectivity index (χ3v) is 6.01. The van der Waals surface area contributed by atoms with Crippen LogP contribution in [0.4, 0.5) is 4.39 Å². The predicted octanol–water partition coefficient (Wildman–Crippen LogP) is 3.46. The Morgan fingerprint density at radius 2 is 2.00 bits per heavy atom. The van der Waals surface area contributed by atoms with Gasteiger partial charge in [-0.05, 0) is 43.0 Å². The van der Waals surface area contributed by atoms with Crippen LogP contribution in [0.2, 0.25) is 0 Å². The van der Waals surface area contributed by atoms with E-state index >= 15 is 0 Å². The molecule has 124 valence electrons. The van der Waals surface area contributed by atoms with Gasteiger partial charge in [0, 0.05) is 12.6 Å². The lowest BCUT2D eigenvalue weighted by Gasteiger charge is -2.22. The van der Waals surface area contributed by atoms with Crippen molar-refractivity contribution in [1.82, 2.24) is 9.46 Å². The summed E-state index contributed by atoms with van der Waals surface area (Å²) >= 11 is 0. The number of benzene rings is 1. The van der Waals surface area contributed by atoms with Gasteiger partial charge in [0.2, 0.25) is 10.0 Å². The monoisotopic (exact) mass is 338 g/mol. The Labute approximate surface area is 135 Å². The number of hydrogen-bond acceptors (Lipinski definition) is 4. The zero-order valence-electron chi connectivity index (χ0n) is 13.1. The Hall–Kier alpha value is -1.73. The van der Waals surface area contributed by atoms with Gasteiger partial charge in [0.1, 0.15) is 5.82 Å². The summed E-state index contributed by atoms with van der Waals surface area (Å²) in [6.07, 6.45) is 1.44. The topological polar surface area (TPSA) is 63.4 Å². The summed E-state index contributed by atoms with van der Waals surface area (Å²) in [7, 11) is -3.68. The maximum absolute atomic E-state index is 13.0. The van der Waals surface area contributed by atoms with E-state index in [1.165, 1.54) is 16.4 Å². The van der Waals surface area contributed by atoms with Gasteiger partial charge in [0.05, 0.1) is 16.6 Å². The molecule has 23 heavy (non-hydrogen) atoms. The Kier molecular flexibility index (Phi) is 4.25. The number of sulfonamides is 1. The molecule has 1 atom stereocenters. The molecule has 1 aliphatic heterocycles. The van der Waals surface area contributed by atoms with Gasteiger partial charge < -0.3 is 4.52 Å². The summed E-state index contributed by atoms with van der Waals surface area (Å²) in [5, 5.41) is 4.02. The summed E-state index contributed by atoms with van der Waals surface area (Å²) < 4.78 is 45.5. The standard InChI is InChI=1S/C16H19FN2O3S/c1-11(2)14-10-16(22-18-14)15-4-3-9-19(15)23(20,21)13-7-5-12(17)6-8-13/h5-8,10-11,15H,3-4,9H2,1-2H3/t15-/m0/s1. The first kappa shape index (κ1) is 16.1. The minimum Gasteiger partial charge on any atom is -0.359 e. The molecule has 7 heteroatoms. The predicted molar refractivity (Wildman–Crippen MR) is 82.9 cm³/mol. The number of nitrogens with zero attached hydrogens (tertiary/aromatic N) is 2. The fraction of sp³-hybridized carbons (Fsp3) is 0.438.